The first-order chi connectivity index (χ1) is 8.77. The topological polar surface area (TPSA) is 40.5 Å². The first-order valence-electron chi connectivity index (χ1n) is 6.39. The summed E-state index contributed by atoms with van der Waals surface area (Å²) in [5, 5.41) is 8.87. The van der Waals surface area contributed by atoms with Gasteiger partial charge in [-0.15, -0.1) is 11.8 Å². The molecule has 1 atom stereocenters. The Kier molecular flexibility index (Phi) is 4.66. The molecule has 4 heteroatoms. The molecule has 0 spiro atoms. The Morgan fingerprint density at radius 1 is 1.50 bits per heavy atom. The zero-order valence-corrected chi connectivity index (χ0v) is 11.4. The van der Waals surface area contributed by atoms with E-state index in [4.69, 9.17) is 5.11 Å². The minimum absolute atomic E-state index is 0.00940. The second-order valence-electron chi connectivity index (χ2n) is 4.40. The van der Waals surface area contributed by atoms with Gasteiger partial charge in [0.15, 0.2) is 0 Å². The van der Waals surface area contributed by atoms with Crippen molar-refractivity contribution in [2.45, 2.75) is 24.2 Å². The smallest absolute Gasteiger partial charge is 0.230 e. The van der Waals surface area contributed by atoms with Gasteiger partial charge in [-0.05, 0) is 25.0 Å². The molecule has 0 aromatic heterocycles. The predicted octanol–water partition coefficient (Wildman–Crippen LogP) is 2.11. The van der Waals surface area contributed by atoms with Gasteiger partial charge in [-0.2, -0.15) is 0 Å². The Bertz CT molecular complexity index is 422. The quantitative estimate of drug-likeness (QED) is 0.886. The lowest BCUT2D eigenvalue weighted by atomic mass is 10.00. The van der Waals surface area contributed by atoms with Crippen LogP contribution in [0.25, 0.3) is 0 Å². The monoisotopic (exact) mass is 265 g/mol. The summed E-state index contributed by atoms with van der Waals surface area (Å²) < 4.78 is 0. The molecule has 0 aliphatic carbocycles. The molecule has 1 unspecified atom stereocenters. The van der Waals surface area contributed by atoms with Gasteiger partial charge in [0.05, 0.1) is 5.92 Å². The van der Waals surface area contributed by atoms with Crippen LogP contribution in [0, 0.1) is 0 Å². The van der Waals surface area contributed by atoms with Crippen LogP contribution in [0.1, 0.15) is 24.8 Å². The van der Waals surface area contributed by atoms with E-state index in [0.717, 1.165) is 11.3 Å². The Balaban J connectivity index is 2.10. The first-order valence-corrected chi connectivity index (χ1v) is 7.37. The van der Waals surface area contributed by atoms with Crippen molar-refractivity contribution in [2.75, 3.05) is 25.4 Å². The second kappa shape index (κ2) is 6.25. The fraction of sp³-hybridized carbons (Fsp3) is 0.500. The van der Waals surface area contributed by atoms with E-state index in [1.54, 1.807) is 11.8 Å². The molecule has 0 bridgehead atoms. The highest BCUT2D eigenvalue weighted by atomic mass is 32.2. The van der Waals surface area contributed by atoms with E-state index in [1.165, 1.54) is 4.90 Å². The van der Waals surface area contributed by atoms with Crippen LogP contribution in [-0.2, 0) is 4.79 Å². The lowest BCUT2D eigenvalue weighted by molar-refractivity contribution is -0.132. The van der Waals surface area contributed by atoms with E-state index in [-0.39, 0.29) is 18.4 Å². The van der Waals surface area contributed by atoms with Crippen LogP contribution in [0.2, 0.25) is 0 Å². The molecule has 1 heterocycles. The van der Waals surface area contributed by atoms with Crippen molar-refractivity contribution in [3.05, 3.63) is 29.8 Å². The molecule has 98 valence electrons. The highest BCUT2D eigenvalue weighted by molar-refractivity contribution is 7.99. The number of rotatable bonds is 5. The number of benzene rings is 1. The van der Waals surface area contributed by atoms with Gasteiger partial charge in [0.25, 0.3) is 0 Å². The first kappa shape index (κ1) is 13.4. The number of aliphatic hydroxyl groups is 1. The minimum atomic E-state index is -0.00940. The van der Waals surface area contributed by atoms with Crippen LogP contribution in [0.3, 0.4) is 0 Å². The maximum Gasteiger partial charge on any atom is 0.230 e. The Labute approximate surface area is 112 Å². The van der Waals surface area contributed by atoms with Crippen LogP contribution in [0.4, 0.5) is 0 Å². The molecule has 0 radical (unpaired) electrons. The van der Waals surface area contributed by atoms with Gasteiger partial charge in [-0.25, -0.2) is 0 Å². The number of aliphatic hydroxyl groups excluding tert-OH is 1. The van der Waals surface area contributed by atoms with E-state index in [1.807, 2.05) is 24.0 Å². The number of likely N-dealkylation sites (N-methyl/N-ethyl adjacent to an activating group) is 1. The Morgan fingerprint density at radius 3 is 3.00 bits per heavy atom. The third kappa shape index (κ3) is 2.70. The minimum Gasteiger partial charge on any atom is -0.396 e. The Morgan fingerprint density at radius 2 is 2.28 bits per heavy atom. The summed E-state index contributed by atoms with van der Waals surface area (Å²) in [6.07, 6.45) is 0.654. The average molecular weight is 265 g/mol. The van der Waals surface area contributed by atoms with Crippen LogP contribution in [0.15, 0.2) is 29.2 Å². The van der Waals surface area contributed by atoms with E-state index in [0.29, 0.717) is 19.5 Å². The summed E-state index contributed by atoms with van der Waals surface area (Å²) in [5.41, 5.74) is 1.16. The van der Waals surface area contributed by atoms with Crippen molar-refractivity contribution >= 4 is 17.7 Å². The Hall–Kier alpha value is -1.00. The number of fused-ring (bicyclic) bond motifs is 1. The molecule has 1 aromatic rings. The third-order valence-electron chi connectivity index (χ3n) is 3.28. The van der Waals surface area contributed by atoms with E-state index >= 15 is 0 Å². The summed E-state index contributed by atoms with van der Waals surface area (Å²) in [7, 11) is 0. The van der Waals surface area contributed by atoms with Crippen molar-refractivity contribution in [1.82, 2.24) is 4.90 Å². The lowest BCUT2D eigenvalue weighted by Gasteiger charge is -2.24. The molecule has 1 aliphatic rings. The molecule has 2 rings (SSSR count). The zero-order chi connectivity index (χ0) is 13.0. The number of amides is 1. The fourth-order valence-electron chi connectivity index (χ4n) is 2.27. The van der Waals surface area contributed by atoms with Crippen molar-refractivity contribution in [2.24, 2.45) is 0 Å². The van der Waals surface area contributed by atoms with Crippen molar-refractivity contribution in [3.63, 3.8) is 0 Å². The molecule has 1 amide bonds. The van der Waals surface area contributed by atoms with E-state index < -0.39 is 0 Å². The van der Waals surface area contributed by atoms with E-state index in [9.17, 15) is 4.79 Å². The second-order valence-corrected chi connectivity index (χ2v) is 5.46. The van der Waals surface area contributed by atoms with Gasteiger partial charge in [-0.3, -0.25) is 4.79 Å². The molecule has 0 saturated heterocycles. The van der Waals surface area contributed by atoms with Crippen LogP contribution in [0.5, 0.6) is 0 Å². The predicted molar refractivity (Wildman–Crippen MR) is 73.9 cm³/mol. The molecule has 3 nitrogen and oxygen atoms in total. The average Bonchev–Trinajstić information content (AvgIpc) is 2.83. The van der Waals surface area contributed by atoms with Crippen molar-refractivity contribution in [3.8, 4) is 0 Å². The third-order valence-corrected chi connectivity index (χ3v) is 4.46. The molecule has 1 aliphatic heterocycles. The number of carbonyl (C=O) groups excluding carboxylic acids is 1. The maximum absolute atomic E-state index is 12.5. The van der Waals surface area contributed by atoms with Gasteiger partial charge in [-0.1, -0.05) is 18.2 Å². The molecule has 1 N–H and O–H groups in total. The lowest BCUT2D eigenvalue weighted by Crippen LogP contribution is -2.36. The molecule has 0 saturated carbocycles. The largest absolute Gasteiger partial charge is 0.396 e. The molecule has 18 heavy (non-hydrogen) atoms. The number of carbonyl (C=O) groups is 1. The highest BCUT2D eigenvalue weighted by Gasteiger charge is 2.31. The number of nitrogens with zero attached hydrogens (tertiary/aromatic N) is 1. The fourth-order valence-corrected chi connectivity index (χ4v) is 3.49. The molecule has 1 aromatic carbocycles. The SMILES string of the molecule is CCN(CCCO)C(=O)C1CSc2ccccc21. The van der Waals surface area contributed by atoms with E-state index in [2.05, 4.69) is 12.1 Å². The number of hydrogen-bond acceptors (Lipinski definition) is 3. The van der Waals surface area contributed by atoms with Crippen LogP contribution in [-0.4, -0.2) is 41.4 Å². The number of hydrogen-bond donors (Lipinski definition) is 1. The van der Waals surface area contributed by atoms with Gasteiger partial charge >= 0.3 is 0 Å². The summed E-state index contributed by atoms with van der Waals surface area (Å²) in [6, 6.07) is 8.14. The standard InChI is InChI=1S/C14H19NO2S/c1-2-15(8-5-9-16)14(17)12-10-18-13-7-4-3-6-11(12)13/h3-4,6-7,12,16H,2,5,8-10H2,1H3. The molecular weight excluding hydrogens is 246 g/mol. The molecule has 0 fully saturated rings. The highest BCUT2D eigenvalue weighted by Crippen LogP contribution is 2.40. The summed E-state index contributed by atoms with van der Waals surface area (Å²) >= 11 is 1.76. The van der Waals surface area contributed by atoms with Gasteiger partial charge in [0.1, 0.15) is 0 Å². The number of thioether (sulfide) groups is 1. The summed E-state index contributed by atoms with van der Waals surface area (Å²) in [4.78, 5) is 15.6. The maximum atomic E-state index is 12.5. The van der Waals surface area contributed by atoms with Crippen LogP contribution < -0.4 is 0 Å². The van der Waals surface area contributed by atoms with Gasteiger partial charge in [0.2, 0.25) is 5.91 Å². The van der Waals surface area contributed by atoms with Crippen molar-refractivity contribution < 1.29 is 9.90 Å². The summed E-state index contributed by atoms with van der Waals surface area (Å²) in [5.74, 6) is 1.03. The van der Waals surface area contributed by atoms with Gasteiger partial charge < -0.3 is 10.0 Å². The van der Waals surface area contributed by atoms with Gasteiger partial charge in [0, 0.05) is 30.3 Å². The zero-order valence-electron chi connectivity index (χ0n) is 10.6. The van der Waals surface area contributed by atoms with Crippen molar-refractivity contribution in [1.29, 1.82) is 0 Å². The molecular formula is C14H19NO2S. The summed E-state index contributed by atoms with van der Waals surface area (Å²) in [6.45, 7) is 3.49. The van der Waals surface area contributed by atoms with Crippen LogP contribution >= 0.6 is 11.8 Å². The normalized spacial score (nSPS) is 17.6.